The Hall–Kier alpha value is -0.590. The largest absolute Gasteiger partial charge is 0.299 e. The van der Waals surface area contributed by atoms with Gasteiger partial charge in [-0.25, -0.2) is 0 Å². The number of allylic oxidation sites excluding steroid dienone is 1. The molecule has 1 nitrogen and oxygen atoms in total. The lowest BCUT2D eigenvalue weighted by Gasteiger charge is -2.55. The van der Waals surface area contributed by atoms with E-state index in [4.69, 9.17) is 0 Å². The molecule has 3 rings (SSSR count). The van der Waals surface area contributed by atoms with Crippen molar-refractivity contribution in [2.45, 2.75) is 47.5 Å². The number of carbonyl (C=O) groups excluding carboxylic acids is 1. The van der Waals surface area contributed by atoms with Crippen LogP contribution in [0.5, 0.6) is 0 Å². The molecule has 3 aliphatic rings. The SMILES string of the molecule is C=C(C)[C@@H]1CC2C3C(=O)C[C@](C)(C1(C)C)[C@]23C. The molecule has 0 aliphatic heterocycles. The summed E-state index contributed by atoms with van der Waals surface area (Å²) >= 11 is 0. The van der Waals surface area contributed by atoms with Gasteiger partial charge in [0, 0.05) is 12.3 Å². The second-order valence-electron chi connectivity index (χ2n) is 7.70. The lowest BCUT2D eigenvalue weighted by Crippen LogP contribution is -2.50. The molecule has 0 N–H and O–H groups in total. The molecular formula is C16H24O. The van der Waals surface area contributed by atoms with E-state index < -0.39 is 0 Å². The first-order chi connectivity index (χ1) is 7.68. The number of hydrogen-bond donors (Lipinski definition) is 0. The zero-order valence-electron chi connectivity index (χ0n) is 11.8. The molecule has 94 valence electrons. The summed E-state index contributed by atoms with van der Waals surface area (Å²) in [5.41, 5.74) is 1.97. The third-order valence-electron chi connectivity index (χ3n) is 7.15. The Kier molecular flexibility index (Phi) is 1.83. The number of Topliss-reactive ketones (excluding diaryl/α,β-unsaturated/α-hetero) is 1. The maximum Gasteiger partial charge on any atom is 0.137 e. The molecule has 2 unspecified atom stereocenters. The Labute approximate surface area is 105 Å². The second-order valence-corrected chi connectivity index (χ2v) is 7.70. The van der Waals surface area contributed by atoms with Crippen molar-refractivity contribution in [3.63, 3.8) is 0 Å². The molecule has 0 saturated heterocycles. The smallest absolute Gasteiger partial charge is 0.137 e. The highest BCUT2D eigenvalue weighted by atomic mass is 16.1. The van der Waals surface area contributed by atoms with E-state index in [0.717, 1.165) is 6.42 Å². The van der Waals surface area contributed by atoms with Crippen molar-refractivity contribution in [2.24, 2.45) is 34.0 Å². The fourth-order valence-corrected chi connectivity index (χ4v) is 5.62. The van der Waals surface area contributed by atoms with E-state index in [-0.39, 0.29) is 10.8 Å². The van der Waals surface area contributed by atoms with Crippen LogP contribution in [0.4, 0.5) is 0 Å². The molecule has 0 aromatic heterocycles. The zero-order valence-corrected chi connectivity index (χ0v) is 11.8. The van der Waals surface area contributed by atoms with Gasteiger partial charge in [0.1, 0.15) is 5.78 Å². The molecule has 0 heterocycles. The van der Waals surface area contributed by atoms with Gasteiger partial charge in [0.25, 0.3) is 0 Å². The van der Waals surface area contributed by atoms with E-state index >= 15 is 0 Å². The fourth-order valence-electron chi connectivity index (χ4n) is 5.62. The van der Waals surface area contributed by atoms with Crippen LogP contribution < -0.4 is 0 Å². The average molecular weight is 232 g/mol. The topological polar surface area (TPSA) is 17.1 Å². The van der Waals surface area contributed by atoms with Crippen molar-refractivity contribution in [3.8, 4) is 0 Å². The van der Waals surface area contributed by atoms with Gasteiger partial charge < -0.3 is 0 Å². The van der Waals surface area contributed by atoms with Crippen LogP contribution in [0.25, 0.3) is 0 Å². The van der Waals surface area contributed by atoms with Crippen LogP contribution in [0.3, 0.4) is 0 Å². The number of hydrogen-bond acceptors (Lipinski definition) is 1. The van der Waals surface area contributed by atoms with E-state index in [1.807, 2.05) is 0 Å². The normalized spacial score (nSPS) is 54.4. The summed E-state index contributed by atoms with van der Waals surface area (Å²) in [6.07, 6.45) is 1.98. The van der Waals surface area contributed by atoms with Crippen LogP contribution >= 0.6 is 0 Å². The lowest BCUT2D eigenvalue weighted by atomic mass is 9.48. The molecular weight excluding hydrogens is 208 g/mol. The monoisotopic (exact) mass is 232 g/mol. The molecule has 0 radical (unpaired) electrons. The van der Waals surface area contributed by atoms with Crippen molar-refractivity contribution in [2.75, 3.05) is 0 Å². The maximum absolute atomic E-state index is 12.2. The molecule has 3 saturated carbocycles. The summed E-state index contributed by atoms with van der Waals surface area (Å²) in [5.74, 6) is 2.14. The van der Waals surface area contributed by atoms with E-state index in [1.165, 1.54) is 12.0 Å². The molecule has 0 aromatic carbocycles. The Morgan fingerprint density at radius 3 is 2.41 bits per heavy atom. The van der Waals surface area contributed by atoms with Crippen LogP contribution in [0.15, 0.2) is 12.2 Å². The van der Waals surface area contributed by atoms with E-state index in [9.17, 15) is 4.79 Å². The van der Waals surface area contributed by atoms with Crippen LogP contribution in [0, 0.1) is 34.0 Å². The highest BCUT2D eigenvalue weighted by Gasteiger charge is 2.82. The first-order valence-electron chi connectivity index (χ1n) is 6.86. The Bertz CT molecular complexity index is 433. The van der Waals surface area contributed by atoms with Gasteiger partial charge in [-0.1, -0.05) is 39.8 Å². The van der Waals surface area contributed by atoms with Crippen molar-refractivity contribution in [1.82, 2.24) is 0 Å². The van der Waals surface area contributed by atoms with Crippen molar-refractivity contribution < 1.29 is 4.79 Å². The van der Waals surface area contributed by atoms with Crippen LogP contribution in [-0.4, -0.2) is 5.78 Å². The van der Waals surface area contributed by atoms with Gasteiger partial charge in [0.2, 0.25) is 0 Å². The standard InChI is InChI=1S/C16H24O/c1-9(2)10-7-11-13-12(17)8-15(5,14(10,3)4)16(11,13)6/h10-11,13H,1,7-8H2,2-6H3/t10-,11?,13?,15+,16+/m0/s1. The maximum atomic E-state index is 12.2. The van der Waals surface area contributed by atoms with Crippen molar-refractivity contribution >= 4 is 5.78 Å². The van der Waals surface area contributed by atoms with Gasteiger partial charge in [-0.15, -0.1) is 0 Å². The summed E-state index contributed by atoms with van der Waals surface area (Å²) in [6, 6.07) is 0. The third-order valence-corrected chi connectivity index (χ3v) is 7.15. The second kappa shape index (κ2) is 2.70. The minimum atomic E-state index is 0.175. The fraction of sp³-hybridized carbons (Fsp3) is 0.812. The molecule has 0 amide bonds. The quantitative estimate of drug-likeness (QED) is 0.628. The van der Waals surface area contributed by atoms with Crippen molar-refractivity contribution in [3.05, 3.63) is 12.2 Å². The number of carbonyl (C=O) groups is 1. The first-order valence-corrected chi connectivity index (χ1v) is 6.86. The molecule has 0 aromatic rings. The van der Waals surface area contributed by atoms with Crippen LogP contribution in [-0.2, 0) is 4.79 Å². The summed E-state index contributed by atoms with van der Waals surface area (Å²) in [6.45, 7) is 15.8. The summed E-state index contributed by atoms with van der Waals surface area (Å²) in [7, 11) is 0. The third kappa shape index (κ3) is 0.936. The predicted molar refractivity (Wildman–Crippen MR) is 69.5 cm³/mol. The molecule has 5 atom stereocenters. The Balaban J connectivity index is 2.12. The molecule has 1 heteroatoms. The van der Waals surface area contributed by atoms with Crippen molar-refractivity contribution in [1.29, 1.82) is 0 Å². The average Bonchev–Trinajstić information content (AvgIpc) is 2.72. The highest BCUT2D eigenvalue weighted by Crippen LogP contribution is 2.84. The molecule has 0 bridgehead atoms. The summed E-state index contributed by atoms with van der Waals surface area (Å²) in [4.78, 5) is 12.2. The predicted octanol–water partition coefficient (Wildman–Crippen LogP) is 3.84. The van der Waals surface area contributed by atoms with E-state index in [2.05, 4.69) is 41.2 Å². The first kappa shape index (κ1) is 11.5. The molecule has 0 spiro atoms. The van der Waals surface area contributed by atoms with E-state index in [1.54, 1.807) is 0 Å². The number of fused-ring (bicyclic) bond motifs is 1. The van der Waals surface area contributed by atoms with Crippen LogP contribution in [0.2, 0.25) is 0 Å². The van der Waals surface area contributed by atoms with Gasteiger partial charge in [0.15, 0.2) is 0 Å². The minimum Gasteiger partial charge on any atom is -0.299 e. The van der Waals surface area contributed by atoms with Gasteiger partial charge in [-0.3, -0.25) is 4.79 Å². The molecule has 17 heavy (non-hydrogen) atoms. The minimum absolute atomic E-state index is 0.175. The molecule has 3 aliphatic carbocycles. The summed E-state index contributed by atoms with van der Waals surface area (Å²) in [5, 5.41) is 0. The van der Waals surface area contributed by atoms with Gasteiger partial charge in [-0.2, -0.15) is 0 Å². The number of rotatable bonds is 1. The Morgan fingerprint density at radius 2 is 1.88 bits per heavy atom. The Morgan fingerprint density at radius 1 is 1.29 bits per heavy atom. The van der Waals surface area contributed by atoms with Gasteiger partial charge in [-0.05, 0) is 41.4 Å². The molecule has 3 fully saturated rings. The van der Waals surface area contributed by atoms with Crippen LogP contribution in [0.1, 0.15) is 47.5 Å². The highest BCUT2D eigenvalue weighted by molar-refractivity contribution is 5.90. The zero-order chi connectivity index (χ0) is 12.8. The van der Waals surface area contributed by atoms with E-state index in [0.29, 0.717) is 29.0 Å². The number of ketones is 1. The van der Waals surface area contributed by atoms with Gasteiger partial charge >= 0.3 is 0 Å². The van der Waals surface area contributed by atoms with Gasteiger partial charge in [0.05, 0.1) is 0 Å². The summed E-state index contributed by atoms with van der Waals surface area (Å²) < 4.78 is 0. The lowest BCUT2D eigenvalue weighted by molar-refractivity contribution is -0.125.